The van der Waals surface area contributed by atoms with Gasteiger partial charge in [0.1, 0.15) is 0 Å². The van der Waals surface area contributed by atoms with E-state index in [4.69, 9.17) is 5.73 Å². The molecule has 0 heterocycles. The highest BCUT2D eigenvalue weighted by Gasteiger charge is 2.50. The Morgan fingerprint density at radius 1 is 1.10 bits per heavy atom. The minimum Gasteiger partial charge on any atom is -0.389 e. The zero-order valence-corrected chi connectivity index (χ0v) is 13.7. The molecular formula is C18H35NO. The lowest BCUT2D eigenvalue weighted by atomic mass is 9.58. The van der Waals surface area contributed by atoms with E-state index in [-0.39, 0.29) is 5.41 Å². The van der Waals surface area contributed by atoms with E-state index in [1.165, 1.54) is 44.9 Å². The highest BCUT2D eigenvalue weighted by Crippen LogP contribution is 2.51. The van der Waals surface area contributed by atoms with Crippen molar-refractivity contribution in [2.24, 2.45) is 23.0 Å². The molecule has 2 rings (SSSR count). The second-order valence-corrected chi connectivity index (χ2v) is 7.80. The van der Waals surface area contributed by atoms with Crippen molar-refractivity contribution in [3.63, 3.8) is 0 Å². The predicted molar refractivity (Wildman–Crippen MR) is 85.6 cm³/mol. The standard InChI is InChI=1S/C18H35NO/c1-3-6-16-8-5-11-18(20,12-9-16)17(14-19)10-4-7-15(2)13-17/h15-16,20H,3-14,19H2,1-2H3. The first-order valence-electron chi connectivity index (χ1n) is 8.98. The topological polar surface area (TPSA) is 46.2 Å². The van der Waals surface area contributed by atoms with Gasteiger partial charge in [-0.25, -0.2) is 0 Å². The van der Waals surface area contributed by atoms with E-state index in [1.807, 2.05) is 0 Å². The quantitative estimate of drug-likeness (QED) is 0.757. The summed E-state index contributed by atoms with van der Waals surface area (Å²) in [4.78, 5) is 0. The van der Waals surface area contributed by atoms with E-state index in [0.717, 1.165) is 37.5 Å². The first kappa shape index (κ1) is 16.3. The lowest BCUT2D eigenvalue weighted by molar-refractivity contribution is -0.117. The van der Waals surface area contributed by atoms with Crippen LogP contribution < -0.4 is 5.73 Å². The second kappa shape index (κ2) is 6.79. The minimum absolute atomic E-state index is 0.00573. The maximum absolute atomic E-state index is 11.5. The van der Waals surface area contributed by atoms with Gasteiger partial charge in [-0.2, -0.15) is 0 Å². The Morgan fingerprint density at radius 3 is 2.50 bits per heavy atom. The van der Waals surface area contributed by atoms with Crippen molar-refractivity contribution in [2.45, 2.75) is 90.1 Å². The first-order chi connectivity index (χ1) is 9.55. The molecule has 20 heavy (non-hydrogen) atoms. The van der Waals surface area contributed by atoms with Crippen LogP contribution in [0, 0.1) is 17.3 Å². The third-order valence-electron chi connectivity index (χ3n) is 6.34. The van der Waals surface area contributed by atoms with Crippen LogP contribution in [0.1, 0.15) is 84.5 Å². The minimum atomic E-state index is -0.487. The molecule has 0 aromatic heterocycles. The number of aliphatic hydroxyl groups is 1. The summed E-state index contributed by atoms with van der Waals surface area (Å²) in [6.07, 6.45) is 13.1. The zero-order valence-electron chi connectivity index (χ0n) is 13.7. The van der Waals surface area contributed by atoms with E-state index >= 15 is 0 Å². The highest BCUT2D eigenvalue weighted by molar-refractivity contribution is 5.03. The first-order valence-corrected chi connectivity index (χ1v) is 8.98. The average molecular weight is 281 g/mol. The van der Waals surface area contributed by atoms with Gasteiger partial charge in [0.25, 0.3) is 0 Å². The van der Waals surface area contributed by atoms with Crippen LogP contribution in [-0.2, 0) is 0 Å². The highest BCUT2D eigenvalue weighted by atomic mass is 16.3. The van der Waals surface area contributed by atoms with Gasteiger partial charge in [-0.05, 0) is 43.9 Å². The molecular weight excluding hydrogens is 246 g/mol. The van der Waals surface area contributed by atoms with E-state index in [1.54, 1.807) is 0 Å². The molecule has 0 aromatic carbocycles. The van der Waals surface area contributed by atoms with Crippen LogP contribution in [-0.4, -0.2) is 17.3 Å². The molecule has 2 aliphatic rings. The molecule has 0 radical (unpaired) electrons. The molecule has 2 heteroatoms. The van der Waals surface area contributed by atoms with E-state index < -0.39 is 5.60 Å². The summed E-state index contributed by atoms with van der Waals surface area (Å²) in [6, 6.07) is 0. The molecule has 0 spiro atoms. The predicted octanol–water partition coefficient (Wildman–Crippen LogP) is 4.25. The van der Waals surface area contributed by atoms with Crippen molar-refractivity contribution in [3.05, 3.63) is 0 Å². The lowest BCUT2D eigenvalue weighted by Gasteiger charge is -2.51. The van der Waals surface area contributed by atoms with E-state index in [2.05, 4.69) is 13.8 Å². The molecule has 0 aromatic rings. The lowest BCUT2D eigenvalue weighted by Crippen LogP contribution is -2.54. The number of hydrogen-bond acceptors (Lipinski definition) is 2. The van der Waals surface area contributed by atoms with Gasteiger partial charge in [-0.3, -0.25) is 0 Å². The van der Waals surface area contributed by atoms with Crippen molar-refractivity contribution >= 4 is 0 Å². The van der Waals surface area contributed by atoms with Crippen molar-refractivity contribution in [3.8, 4) is 0 Å². The van der Waals surface area contributed by atoms with Crippen molar-refractivity contribution in [2.75, 3.05) is 6.54 Å². The van der Waals surface area contributed by atoms with Gasteiger partial charge in [-0.15, -0.1) is 0 Å². The molecule has 4 atom stereocenters. The summed E-state index contributed by atoms with van der Waals surface area (Å²) in [5, 5.41) is 11.5. The second-order valence-electron chi connectivity index (χ2n) is 7.80. The monoisotopic (exact) mass is 281 g/mol. The van der Waals surface area contributed by atoms with Crippen LogP contribution in [0.25, 0.3) is 0 Å². The summed E-state index contributed by atoms with van der Waals surface area (Å²) in [5.41, 5.74) is 5.72. The van der Waals surface area contributed by atoms with Crippen molar-refractivity contribution in [1.82, 2.24) is 0 Å². The summed E-state index contributed by atoms with van der Waals surface area (Å²) >= 11 is 0. The Morgan fingerprint density at radius 2 is 1.85 bits per heavy atom. The average Bonchev–Trinajstić information content (AvgIpc) is 2.63. The van der Waals surface area contributed by atoms with Crippen LogP contribution >= 0.6 is 0 Å². The number of rotatable bonds is 4. The Balaban J connectivity index is 2.11. The molecule has 118 valence electrons. The van der Waals surface area contributed by atoms with Crippen molar-refractivity contribution < 1.29 is 5.11 Å². The number of nitrogens with two attached hydrogens (primary N) is 1. The van der Waals surface area contributed by atoms with Gasteiger partial charge in [0, 0.05) is 12.0 Å². The Labute approximate surface area is 125 Å². The molecule has 3 N–H and O–H groups in total. The SMILES string of the molecule is CCCC1CCCC(O)(C2(CN)CCCC(C)C2)CC1. The molecule has 0 aliphatic heterocycles. The van der Waals surface area contributed by atoms with Crippen LogP contribution in [0.3, 0.4) is 0 Å². The van der Waals surface area contributed by atoms with Crippen LogP contribution in [0.5, 0.6) is 0 Å². The third kappa shape index (κ3) is 3.22. The molecule has 2 saturated carbocycles. The van der Waals surface area contributed by atoms with E-state index in [0.29, 0.717) is 6.54 Å². The fourth-order valence-corrected chi connectivity index (χ4v) is 5.08. The van der Waals surface area contributed by atoms with Crippen molar-refractivity contribution in [1.29, 1.82) is 0 Å². The summed E-state index contributed by atoms with van der Waals surface area (Å²) < 4.78 is 0. The normalized spacial score (nSPS) is 43.2. The maximum Gasteiger partial charge on any atom is 0.0716 e. The molecule has 0 bridgehead atoms. The molecule has 2 aliphatic carbocycles. The Bertz CT molecular complexity index is 306. The Kier molecular flexibility index (Phi) is 5.53. The van der Waals surface area contributed by atoms with E-state index in [9.17, 15) is 5.11 Å². The molecule has 2 fully saturated rings. The molecule has 4 unspecified atom stereocenters. The van der Waals surface area contributed by atoms with Crippen LogP contribution in [0.4, 0.5) is 0 Å². The zero-order chi connectivity index (χ0) is 14.6. The van der Waals surface area contributed by atoms with Gasteiger partial charge in [0.05, 0.1) is 5.60 Å². The number of hydrogen-bond donors (Lipinski definition) is 2. The van der Waals surface area contributed by atoms with Crippen LogP contribution in [0.15, 0.2) is 0 Å². The van der Waals surface area contributed by atoms with Crippen LogP contribution in [0.2, 0.25) is 0 Å². The van der Waals surface area contributed by atoms with Gasteiger partial charge < -0.3 is 10.8 Å². The fraction of sp³-hybridized carbons (Fsp3) is 1.00. The summed E-state index contributed by atoms with van der Waals surface area (Å²) in [7, 11) is 0. The molecule has 0 amide bonds. The smallest absolute Gasteiger partial charge is 0.0716 e. The summed E-state index contributed by atoms with van der Waals surface area (Å²) in [6.45, 7) is 5.29. The molecule has 0 saturated heterocycles. The van der Waals surface area contributed by atoms with Gasteiger partial charge in [0.15, 0.2) is 0 Å². The largest absolute Gasteiger partial charge is 0.389 e. The Hall–Kier alpha value is -0.0800. The summed E-state index contributed by atoms with van der Waals surface area (Å²) in [5.74, 6) is 1.57. The third-order valence-corrected chi connectivity index (χ3v) is 6.34. The van der Waals surface area contributed by atoms with Gasteiger partial charge in [-0.1, -0.05) is 52.4 Å². The fourth-order valence-electron chi connectivity index (χ4n) is 5.08. The maximum atomic E-state index is 11.5. The van der Waals surface area contributed by atoms with Gasteiger partial charge in [0.2, 0.25) is 0 Å². The van der Waals surface area contributed by atoms with Gasteiger partial charge >= 0.3 is 0 Å². The molecule has 2 nitrogen and oxygen atoms in total.